The minimum atomic E-state index is 0.229. The maximum atomic E-state index is 5.52. The first-order valence-electron chi connectivity index (χ1n) is 6.55. The lowest BCUT2D eigenvalue weighted by molar-refractivity contribution is 0.400. The van der Waals surface area contributed by atoms with Crippen LogP contribution < -0.4 is 5.73 Å². The van der Waals surface area contributed by atoms with Gasteiger partial charge in [0.1, 0.15) is 5.76 Å². The Morgan fingerprint density at radius 3 is 2.90 bits per heavy atom. The Hall–Kier alpha value is -2.40. The fourth-order valence-electron chi connectivity index (χ4n) is 2.57. The normalized spacial score (nSPS) is 16.8. The van der Waals surface area contributed by atoms with Crippen LogP contribution in [0.25, 0.3) is 11.7 Å². The summed E-state index contributed by atoms with van der Waals surface area (Å²) in [6.07, 6.45) is 0.960. The summed E-state index contributed by atoms with van der Waals surface area (Å²) in [6, 6.07) is 11.9. The Balaban J connectivity index is 1.63. The molecule has 0 aliphatic heterocycles. The number of furan rings is 1. The number of nitrogens with two attached hydrogens (primary N) is 1. The highest BCUT2D eigenvalue weighted by molar-refractivity contribution is 5.47. The Bertz CT molecular complexity index is 760. The zero-order valence-electron chi connectivity index (χ0n) is 10.7. The largest absolute Gasteiger partial charge is 0.455 e. The lowest BCUT2D eigenvalue weighted by atomic mass is 9.77. The van der Waals surface area contributed by atoms with E-state index in [4.69, 9.17) is 14.7 Å². The highest BCUT2D eigenvalue weighted by Gasteiger charge is 2.31. The number of rotatable bonds is 3. The SMILES string of the molecule is NCc1ccc(-c2nc(C3Cc4ccccc43)no2)o1. The molecule has 0 saturated carbocycles. The molecule has 5 nitrogen and oxygen atoms in total. The van der Waals surface area contributed by atoms with E-state index in [-0.39, 0.29) is 5.92 Å². The summed E-state index contributed by atoms with van der Waals surface area (Å²) in [5.74, 6) is 2.62. The first kappa shape index (κ1) is 11.4. The summed E-state index contributed by atoms with van der Waals surface area (Å²) in [5.41, 5.74) is 8.15. The maximum Gasteiger partial charge on any atom is 0.293 e. The van der Waals surface area contributed by atoms with Crippen molar-refractivity contribution in [3.05, 3.63) is 59.1 Å². The standard InChI is InChI=1S/C15H13N3O2/c16-8-10-5-6-13(19-10)15-17-14(18-20-15)12-7-9-3-1-2-4-11(9)12/h1-6,12H,7-8,16H2. The molecule has 2 heterocycles. The molecule has 0 bridgehead atoms. The highest BCUT2D eigenvalue weighted by atomic mass is 16.5. The zero-order valence-corrected chi connectivity index (χ0v) is 10.7. The van der Waals surface area contributed by atoms with Gasteiger partial charge in [-0.05, 0) is 29.7 Å². The number of hydrogen-bond acceptors (Lipinski definition) is 5. The monoisotopic (exact) mass is 267 g/mol. The van der Waals surface area contributed by atoms with E-state index >= 15 is 0 Å². The first-order valence-corrected chi connectivity index (χ1v) is 6.55. The number of nitrogens with zero attached hydrogens (tertiary/aromatic N) is 2. The van der Waals surface area contributed by atoms with E-state index in [9.17, 15) is 0 Å². The third-order valence-electron chi connectivity index (χ3n) is 3.68. The second-order valence-corrected chi connectivity index (χ2v) is 4.88. The van der Waals surface area contributed by atoms with E-state index in [1.54, 1.807) is 6.07 Å². The van der Waals surface area contributed by atoms with Gasteiger partial charge in [0.25, 0.3) is 5.89 Å². The summed E-state index contributed by atoms with van der Waals surface area (Å²) in [7, 11) is 0. The summed E-state index contributed by atoms with van der Waals surface area (Å²) in [4.78, 5) is 4.44. The number of hydrogen-bond donors (Lipinski definition) is 1. The quantitative estimate of drug-likeness (QED) is 0.788. The second-order valence-electron chi connectivity index (χ2n) is 4.88. The van der Waals surface area contributed by atoms with Crippen molar-refractivity contribution in [3.63, 3.8) is 0 Å². The third kappa shape index (κ3) is 1.67. The lowest BCUT2D eigenvalue weighted by Gasteiger charge is -2.27. The van der Waals surface area contributed by atoms with Gasteiger partial charge < -0.3 is 14.7 Å². The molecule has 1 atom stereocenters. The number of aromatic nitrogens is 2. The van der Waals surface area contributed by atoms with Gasteiger partial charge in [-0.3, -0.25) is 0 Å². The molecule has 0 fully saturated rings. The van der Waals surface area contributed by atoms with E-state index in [0.717, 1.165) is 6.42 Å². The zero-order chi connectivity index (χ0) is 13.5. The molecule has 20 heavy (non-hydrogen) atoms. The number of fused-ring (bicyclic) bond motifs is 1. The Labute approximate surface area is 115 Å². The molecule has 4 rings (SSSR count). The average molecular weight is 267 g/mol. The fraction of sp³-hybridized carbons (Fsp3) is 0.200. The number of benzene rings is 1. The molecule has 0 radical (unpaired) electrons. The van der Waals surface area contributed by atoms with E-state index in [2.05, 4.69) is 22.3 Å². The van der Waals surface area contributed by atoms with Gasteiger partial charge >= 0.3 is 0 Å². The van der Waals surface area contributed by atoms with Gasteiger partial charge in [-0.25, -0.2) is 0 Å². The highest BCUT2D eigenvalue weighted by Crippen LogP contribution is 2.39. The van der Waals surface area contributed by atoms with Crippen LogP contribution in [0.3, 0.4) is 0 Å². The van der Waals surface area contributed by atoms with E-state index in [1.165, 1.54) is 11.1 Å². The van der Waals surface area contributed by atoms with Crippen LogP contribution in [0.4, 0.5) is 0 Å². The molecule has 3 aromatic rings. The lowest BCUT2D eigenvalue weighted by Crippen LogP contribution is -2.19. The predicted molar refractivity (Wildman–Crippen MR) is 71.9 cm³/mol. The van der Waals surface area contributed by atoms with Crippen LogP contribution in [0.1, 0.15) is 28.6 Å². The van der Waals surface area contributed by atoms with Crippen LogP contribution in [0.15, 0.2) is 45.3 Å². The van der Waals surface area contributed by atoms with Crippen LogP contribution in [-0.2, 0) is 13.0 Å². The van der Waals surface area contributed by atoms with Crippen LogP contribution in [0.5, 0.6) is 0 Å². The molecule has 1 aliphatic rings. The summed E-state index contributed by atoms with van der Waals surface area (Å²) >= 11 is 0. The van der Waals surface area contributed by atoms with Crippen molar-refractivity contribution in [1.82, 2.24) is 10.1 Å². The smallest absolute Gasteiger partial charge is 0.293 e. The Kier molecular flexibility index (Phi) is 2.47. The van der Waals surface area contributed by atoms with Gasteiger partial charge in [0, 0.05) is 0 Å². The molecule has 100 valence electrons. The first-order chi connectivity index (χ1) is 9.85. The maximum absolute atomic E-state index is 5.52. The van der Waals surface area contributed by atoms with Crippen LogP contribution >= 0.6 is 0 Å². The molecule has 2 N–H and O–H groups in total. The molecular formula is C15H13N3O2. The molecular weight excluding hydrogens is 254 g/mol. The van der Waals surface area contributed by atoms with E-state index in [0.29, 0.717) is 29.8 Å². The van der Waals surface area contributed by atoms with Crippen molar-refractivity contribution >= 4 is 0 Å². The van der Waals surface area contributed by atoms with Crippen molar-refractivity contribution in [2.24, 2.45) is 5.73 Å². The molecule has 5 heteroatoms. The van der Waals surface area contributed by atoms with Gasteiger partial charge in [0.2, 0.25) is 0 Å². The van der Waals surface area contributed by atoms with Crippen LogP contribution in [0.2, 0.25) is 0 Å². The molecule has 1 unspecified atom stereocenters. The van der Waals surface area contributed by atoms with Gasteiger partial charge in [0.05, 0.1) is 12.5 Å². The van der Waals surface area contributed by atoms with E-state index < -0.39 is 0 Å². The third-order valence-corrected chi connectivity index (χ3v) is 3.68. The van der Waals surface area contributed by atoms with Gasteiger partial charge in [-0.2, -0.15) is 4.98 Å². The second kappa shape index (κ2) is 4.31. The average Bonchev–Trinajstić information content (AvgIpc) is 3.08. The molecule has 2 aromatic heterocycles. The Morgan fingerprint density at radius 1 is 1.20 bits per heavy atom. The van der Waals surface area contributed by atoms with Gasteiger partial charge in [0.15, 0.2) is 11.6 Å². The summed E-state index contributed by atoms with van der Waals surface area (Å²) < 4.78 is 10.8. The van der Waals surface area contributed by atoms with Crippen molar-refractivity contribution in [3.8, 4) is 11.7 Å². The Morgan fingerprint density at radius 2 is 2.10 bits per heavy atom. The molecule has 0 spiro atoms. The van der Waals surface area contributed by atoms with Crippen molar-refractivity contribution in [2.45, 2.75) is 18.9 Å². The minimum Gasteiger partial charge on any atom is -0.455 e. The van der Waals surface area contributed by atoms with E-state index in [1.807, 2.05) is 18.2 Å². The predicted octanol–water partition coefficient (Wildman–Crippen LogP) is 2.48. The van der Waals surface area contributed by atoms with Crippen LogP contribution in [0, 0.1) is 0 Å². The molecule has 1 aliphatic carbocycles. The van der Waals surface area contributed by atoms with Crippen molar-refractivity contribution < 1.29 is 8.94 Å². The van der Waals surface area contributed by atoms with Crippen molar-refractivity contribution in [1.29, 1.82) is 0 Å². The van der Waals surface area contributed by atoms with Crippen LogP contribution in [-0.4, -0.2) is 10.1 Å². The summed E-state index contributed by atoms with van der Waals surface area (Å²) in [6.45, 7) is 0.358. The van der Waals surface area contributed by atoms with Gasteiger partial charge in [-0.15, -0.1) is 0 Å². The molecule has 1 aromatic carbocycles. The summed E-state index contributed by atoms with van der Waals surface area (Å²) in [5, 5.41) is 4.07. The molecule has 0 saturated heterocycles. The van der Waals surface area contributed by atoms with Crippen molar-refractivity contribution in [2.75, 3.05) is 0 Å². The topological polar surface area (TPSA) is 78.1 Å². The fourth-order valence-corrected chi connectivity index (χ4v) is 2.57. The van der Waals surface area contributed by atoms with Gasteiger partial charge in [-0.1, -0.05) is 29.4 Å². The minimum absolute atomic E-state index is 0.229. The molecule has 0 amide bonds.